The molecule has 31 heavy (non-hydrogen) atoms. The number of pyridine rings is 1. The van der Waals surface area contributed by atoms with Crippen molar-refractivity contribution in [3.8, 4) is 11.3 Å². The summed E-state index contributed by atoms with van der Waals surface area (Å²) in [5.41, 5.74) is 4.07. The van der Waals surface area contributed by atoms with E-state index in [4.69, 9.17) is 9.51 Å². The van der Waals surface area contributed by atoms with Gasteiger partial charge in [0.2, 0.25) is 5.89 Å². The van der Waals surface area contributed by atoms with Gasteiger partial charge < -0.3 is 9.42 Å². The molecule has 0 aliphatic heterocycles. The van der Waals surface area contributed by atoms with E-state index in [-0.39, 0.29) is 18.5 Å². The first-order valence-corrected chi connectivity index (χ1v) is 10.4. The van der Waals surface area contributed by atoms with Gasteiger partial charge in [-0.2, -0.15) is 10.1 Å². The predicted molar refractivity (Wildman–Crippen MR) is 118 cm³/mol. The molecule has 0 saturated heterocycles. The Morgan fingerprint density at radius 2 is 2.00 bits per heavy atom. The molecule has 0 saturated carbocycles. The van der Waals surface area contributed by atoms with E-state index in [0.29, 0.717) is 29.3 Å². The monoisotopic (exact) mass is 418 g/mol. The van der Waals surface area contributed by atoms with E-state index in [1.165, 1.54) is 0 Å². The number of fused-ring (bicyclic) bond motifs is 1. The van der Waals surface area contributed by atoms with Gasteiger partial charge in [-0.3, -0.25) is 4.79 Å². The van der Waals surface area contributed by atoms with Gasteiger partial charge in [-0.15, -0.1) is 0 Å². The first-order chi connectivity index (χ1) is 14.9. The molecule has 8 nitrogen and oxygen atoms in total. The van der Waals surface area contributed by atoms with E-state index < -0.39 is 0 Å². The van der Waals surface area contributed by atoms with Crippen molar-refractivity contribution >= 4 is 16.9 Å². The first kappa shape index (κ1) is 20.7. The molecule has 0 bridgehead atoms. The molecule has 1 aromatic carbocycles. The minimum atomic E-state index is -0.151. The van der Waals surface area contributed by atoms with Gasteiger partial charge in [-0.05, 0) is 32.4 Å². The summed E-state index contributed by atoms with van der Waals surface area (Å²) in [6.45, 7) is 8.31. The number of benzene rings is 1. The highest BCUT2D eigenvalue weighted by atomic mass is 16.5. The van der Waals surface area contributed by atoms with Gasteiger partial charge >= 0.3 is 0 Å². The third-order valence-electron chi connectivity index (χ3n) is 5.25. The summed E-state index contributed by atoms with van der Waals surface area (Å²) in [4.78, 5) is 24.2. The van der Waals surface area contributed by atoms with Crippen LogP contribution in [0.1, 0.15) is 54.4 Å². The number of aryl methyl sites for hydroxylation is 2. The molecule has 3 aromatic heterocycles. The second-order valence-electron chi connectivity index (χ2n) is 7.91. The average Bonchev–Trinajstić information content (AvgIpc) is 3.39. The minimum Gasteiger partial charge on any atom is -0.337 e. The van der Waals surface area contributed by atoms with Crippen LogP contribution < -0.4 is 0 Å². The standard InChI is InChI=1S/C23H26N6O2/c1-6-20-26-21(31-27-20)13-28(5)23(30)17-11-19(16-10-8-7-9-15(16)4)25-22-18(17)12-24-29(22)14(2)3/h7-12,14H,6,13H2,1-5H3. The number of carbonyl (C=O) groups is 1. The predicted octanol–water partition coefficient (Wildman–Crippen LogP) is 4.21. The van der Waals surface area contributed by atoms with E-state index in [1.54, 1.807) is 18.1 Å². The number of carbonyl (C=O) groups excluding carboxylic acids is 1. The summed E-state index contributed by atoms with van der Waals surface area (Å²) in [5.74, 6) is 0.888. The summed E-state index contributed by atoms with van der Waals surface area (Å²) in [6.07, 6.45) is 2.40. The number of rotatable bonds is 6. The molecule has 3 heterocycles. The van der Waals surface area contributed by atoms with Gasteiger partial charge in [0, 0.05) is 25.1 Å². The van der Waals surface area contributed by atoms with E-state index in [2.05, 4.69) is 15.2 Å². The SMILES string of the molecule is CCc1noc(CN(C)C(=O)c2cc(-c3ccccc3C)nc3c2cnn3C(C)C)n1. The largest absolute Gasteiger partial charge is 0.337 e. The minimum absolute atomic E-state index is 0.114. The van der Waals surface area contributed by atoms with Gasteiger partial charge in [0.05, 0.1) is 29.4 Å². The Kier molecular flexibility index (Phi) is 5.54. The fraction of sp³-hybridized carbons (Fsp3) is 0.348. The zero-order valence-corrected chi connectivity index (χ0v) is 18.5. The molecule has 0 fully saturated rings. The van der Waals surface area contributed by atoms with Crippen LogP contribution >= 0.6 is 0 Å². The van der Waals surface area contributed by atoms with Crippen LogP contribution in [0.5, 0.6) is 0 Å². The molecule has 0 radical (unpaired) electrons. The molecule has 0 aliphatic rings. The van der Waals surface area contributed by atoms with E-state index in [0.717, 1.165) is 22.2 Å². The van der Waals surface area contributed by atoms with Crippen molar-refractivity contribution < 1.29 is 9.32 Å². The van der Waals surface area contributed by atoms with Crippen LogP contribution in [0.2, 0.25) is 0 Å². The van der Waals surface area contributed by atoms with Crippen LogP contribution in [0, 0.1) is 6.92 Å². The van der Waals surface area contributed by atoms with Gasteiger partial charge in [0.15, 0.2) is 11.5 Å². The summed E-state index contributed by atoms with van der Waals surface area (Å²) in [7, 11) is 1.73. The van der Waals surface area contributed by atoms with Crippen LogP contribution in [-0.4, -0.2) is 42.8 Å². The Balaban J connectivity index is 1.80. The van der Waals surface area contributed by atoms with Crippen molar-refractivity contribution in [2.45, 2.75) is 46.7 Å². The first-order valence-electron chi connectivity index (χ1n) is 10.4. The van der Waals surface area contributed by atoms with Crippen molar-refractivity contribution in [3.63, 3.8) is 0 Å². The fourth-order valence-electron chi connectivity index (χ4n) is 3.55. The number of nitrogens with zero attached hydrogens (tertiary/aromatic N) is 6. The zero-order valence-electron chi connectivity index (χ0n) is 18.5. The van der Waals surface area contributed by atoms with E-state index >= 15 is 0 Å². The molecular formula is C23H26N6O2. The Morgan fingerprint density at radius 3 is 2.68 bits per heavy atom. The van der Waals surface area contributed by atoms with Crippen molar-refractivity contribution in [2.24, 2.45) is 0 Å². The van der Waals surface area contributed by atoms with Gasteiger partial charge in [0.25, 0.3) is 5.91 Å². The Hall–Kier alpha value is -3.55. The Bertz CT molecular complexity index is 1240. The van der Waals surface area contributed by atoms with Crippen molar-refractivity contribution in [2.75, 3.05) is 7.05 Å². The number of hydrogen-bond donors (Lipinski definition) is 0. The highest BCUT2D eigenvalue weighted by Crippen LogP contribution is 2.29. The van der Waals surface area contributed by atoms with E-state index in [1.807, 2.05) is 62.7 Å². The number of amides is 1. The maximum atomic E-state index is 13.5. The fourth-order valence-corrected chi connectivity index (χ4v) is 3.55. The molecule has 0 spiro atoms. The molecule has 0 unspecified atom stereocenters. The molecule has 160 valence electrons. The van der Waals surface area contributed by atoms with Crippen molar-refractivity contribution in [3.05, 3.63) is 59.4 Å². The summed E-state index contributed by atoms with van der Waals surface area (Å²) in [5, 5.41) is 9.13. The lowest BCUT2D eigenvalue weighted by atomic mass is 10.0. The molecule has 8 heteroatoms. The Morgan fingerprint density at radius 1 is 1.23 bits per heavy atom. The zero-order chi connectivity index (χ0) is 22.1. The highest BCUT2D eigenvalue weighted by Gasteiger charge is 2.22. The maximum absolute atomic E-state index is 13.5. The lowest BCUT2D eigenvalue weighted by Crippen LogP contribution is -2.26. The van der Waals surface area contributed by atoms with Crippen LogP contribution in [0.15, 0.2) is 41.1 Å². The van der Waals surface area contributed by atoms with Crippen LogP contribution in [0.4, 0.5) is 0 Å². The van der Waals surface area contributed by atoms with Crippen LogP contribution in [-0.2, 0) is 13.0 Å². The second kappa shape index (κ2) is 8.29. The third-order valence-corrected chi connectivity index (χ3v) is 5.25. The number of hydrogen-bond acceptors (Lipinski definition) is 6. The maximum Gasteiger partial charge on any atom is 0.254 e. The highest BCUT2D eigenvalue weighted by molar-refractivity contribution is 6.06. The van der Waals surface area contributed by atoms with Crippen LogP contribution in [0.3, 0.4) is 0 Å². The quantitative estimate of drug-likeness (QED) is 0.466. The van der Waals surface area contributed by atoms with Gasteiger partial charge in [-0.25, -0.2) is 9.67 Å². The molecule has 0 N–H and O–H groups in total. The Labute approximate surface area is 180 Å². The molecule has 1 amide bonds. The summed E-state index contributed by atoms with van der Waals surface area (Å²) in [6, 6.07) is 9.98. The van der Waals surface area contributed by atoms with Crippen molar-refractivity contribution in [1.82, 2.24) is 29.8 Å². The van der Waals surface area contributed by atoms with Crippen LogP contribution in [0.25, 0.3) is 22.3 Å². The average molecular weight is 419 g/mol. The molecular weight excluding hydrogens is 392 g/mol. The lowest BCUT2D eigenvalue weighted by Gasteiger charge is -2.17. The smallest absolute Gasteiger partial charge is 0.254 e. The summed E-state index contributed by atoms with van der Waals surface area (Å²) < 4.78 is 7.11. The van der Waals surface area contributed by atoms with E-state index in [9.17, 15) is 4.79 Å². The molecule has 0 atom stereocenters. The number of aromatic nitrogens is 5. The summed E-state index contributed by atoms with van der Waals surface area (Å²) >= 11 is 0. The van der Waals surface area contributed by atoms with Crippen molar-refractivity contribution in [1.29, 1.82) is 0 Å². The molecule has 4 rings (SSSR count). The lowest BCUT2D eigenvalue weighted by molar-refractivity contribution is 0.0771. The van der Waals surface area contributed by atoms with Gasteiger partial charge in [0.1, 0.15) is 0 Å². The molecule has 4 aromatic rings. The molecule has 0 aliphatic carbocycles. The third kappa shape index (κ3) is 3.93. The van der Waals surface area contributed by atoms with Gasteiger partial charge in [-0.1, -0.05) is 36.3 Å². The normalized spacial score (nSPS) is 11.4. The topological polar surface area (TPSA) is 89.9 Å². The second-order valence-corrected chi connectivity index (χ2v) is 7.91.